The monoisotopic (exact) mass is 298 g/mol. The summed E-state index contributed by atoms with van der Waals surface area (Å²) in [6.07, 6.45) is 1.80. The molecule has 3 aliphatic heterocycles. The summed E-state index contributed by atoms with van der Waals surface area (Å²) >= 11 is 1.66. The van der Waals surface area contributed by atoms with Crippen molar-refractivity contribution in [1.82, 2.24) is 9.80 Å². The van der Waals surface area contributed by atoms with E-state index in [2.05, 4.69) is 0 Å². The molecule has 3 atom stereocenters. The SMILES string of the molecule is CC12CCC(=O)N1C(C(=O)N1CCC(C(=O)O)C1)CS2. The zero-order valence-electron chi connectivity index (χ0n) is 11.4. The van der Waals surface area contributed by atoms with Crippen LogP contribution in [0.4, 0.5) is 0 Å². The van der Waals surface area contributed by atoms with Crippen LogP contribution in [0.2, 0.25) is 0 Å². The number of rotatable bonds is 2. The van der Waals surface area contributed by atoms with E-state index in [1.165, 1.54) is 0 Å². The first kappa shape index (κ1) is 13.7. The summed E-state index contributed by atoms with van der Waals surface area (Å²) in [6, 6.07) is -0.410. The molecule has 7 heteroatoms. The molecule has 0 aliphatic carbocycles. The van der Waals surface area contributed by atoms with E-state index in [0.717, 1.165) is 6.42 Å². The second kappa shape index (κ2) is 4.65. The molecule has 1 N–H and O–H groups in total. The molecule has 3 heterocycles. The van der Waals surface area contributed by atoms with E-state index in [4.69, 9.17) is 5.11 Å². The van der Waals surface area contributed by atoms with Crippen molar-refractivity contribution in [3.05, 3.63) is 0 Å². The molecule has 3 fully saturated rings. The first-order valence-electron chi connectivity index (χ1n) is 6.90. The third-order valence-electron chi connectivity index (χ3n) is 4.58. The van der Waals surface area contributed by atoms with Gasteiger partial charge in [-0.2, -0.15) is 0 Å². The minimum atomic E-state index is -0.844. The summed E-state index contributed by atoms with van der Waals surface area (Å²) < 4.78 is 0. The minimum Gasteiger partial charge on any atom is -0.481 e. The van der Waals surface area contributed by atoms with Crippen molar-refractivity contribution in [1.29, 1.82) is 0 Å². The Morgan fingerprint density at radius 2 is 2.20 bits per heavy atom. The van der Waals surface area contributed by atoms with E-state index in [1.807, 2.05) is 6.92 Å². The number of carboxylic acid groups (broad SMARTS) is 1. The quantitative estimate of drug-likeness (QED) is 0.797. The zero-order valence-corrected chi connectivity index (χ0v) is 12.2. The van der Waals surface area contributed by atoms with Crippen LogP contribution >= 0.6 is 11.8 Å². The Labute approximate surface area is 121 Å². The normalized spacial score (nSPS) is 36.5. The number of amides is 2. The predicted molar refractivity (Wildman–Crippen MR) is 73.1 cm³/mol. The number of carbonyl (C=O) groups is 3. The first-order valence-corrected chi connectivity index (χ1v) is 7.89. The third kappa shape index (κ3) is 1.99. The number of fused-ring (bicyclic) bond motifs is 1. The van der Waals surface area contributed by atoms with E-state index >= 15 is 0 Å². The molecule has 0 aromatic rings. The summed E-state index contributed by atoms with van der Waals surface area (Å²) in [4.78, 5) is 38.6. The smallest absolute Gasteiger partial charge is 0.308 e. The fourth-order valence-corrected chi connectivity index (χ4v) is 4.80. The van der Waals surface area contributed by atoms with E-state index in [9.17, 15) is 14.4 Å². The lowest BCUT2D eigenvalue weighted by atomic mass is 10.1. The van der Waals surface area contributed by atoms with Crippen molar-refractivity contribution >= 4 is 29.5 Å². The van der Waals surface area contributed by atoms with Crippen LogP contribution in [0.3, 0.4) is 0 Å². The summed E-state index contributed by atoms with van der Waals surface area (Å²) in [7, 11) is 0. The Kier molecular flexibility index (Phi) is 3.19. The molecule has 3 unspecified atom stereocenters. The highest BCUT2D eigenvalue weighted by Crippen LogP contribution is 2.47. The van der Waals surface area contributed by atoms with Crippen molar-refractivity contribution in [2.75, 3.05) is 18.8 Å². The molecule has 6 nitrogen and oxygen atoms in total. The van der Waals surface area contributed by atoms with Crippen LogP contribution in [-0.2, 0) is 14.4 Å². The van der Waals surface area contributed by atoms with Crippen LogP contribution < -0.4 is 0 Å². The summed E-state index contributed by atoms with van der Waals surface area (Å²) in [5.41, 5.74) is 0. The maximum absolute atomic E-state index is 12.6. The lowest BCUT2D eigenvalue weighted by Gasteiger charge is -2.31. The maximum atomic E-state index is 12.6. The molecule has 110 valence electrons. The lowest BCUT2D eigenvalue weighted by Crippen LogP contribution is -2.51. The van der Waals surface area contributed by atoms with Crippen LogP contribution in [0.5, 0.6) is 0 Å². The molecular formula is C13H18N2O4S. The fourth-order valence-electron chi connectivity index (χ4n) is 3.38. The molecule has 0 bridgehead atoms. The molecule has 2 amide bonds. The molecule has 0 saturated carbocycles. The van der Waals surface area contributed by atoms with Gasteiger partial charge in [0.1, 0.15) is 6.04 Å². The van der Waals surface area contributed by atoms with Gasteiger partial charge < -0.3 is 14.9 Å². The Bertz CT molecular complexity index is 483. The van der Waals surface area contributed by atoms with Gasteiger partial charge in [0.2, 0.25) is 11.8 Å². The van der Waals surface area contributed by atoms with Crippen molar-refractivity contribution in [2.45, 2.75) is 37.1 Å². The molecule has 0 spiro atoms. The molecule has 3 aliphatic rings. The van der Waals surface area contributed by atoms with Gasteiger partial charge in [0.05, 0.1) is 10.8 Å². The van der Waals surface area contributed by atoms with Gasteiger partial charge in [-0.25, -0.2) is 0 Å². The summed E-state index contributed by atoms with van der Waals surface area (Å²) in [5.74, 6) is -0.725. The second-order valence-electron chi connectivity index (χ2n) is 5.87. The highest BCUT2D eigenvalue weighted by molar-refractivity contribution is 8.01. The number of carboxylic acids is 1. The fraction of sp³-hybridized carbons (Fsp3) is 0.769. The minimum absolute atomic E-state index is 0.0461. The van der Waals surface area contributed by atoms with E-state index < -0.39 is 17.9 Å². The number of hydrogen-bond donors (Lipinski definition) is 1. The van der Waals surface area contributed by atoms with Crippen LogP contribution in [-0.4, -0.2) is 62.4 Å². The van der Waals surface area contributed by atoms with Gasteiger partial charge in [0.25, 0.3) is 0 Å². The Balaban J connectivity index is 1.72. The van der Waals surface area contributed by atoms with Crippen molar-refractivity contribution in [2.24, 2.45) is 5.92 Å². The topological polar surface area (TPSA) is 77.9 Å². The molecule has 0 aromatic heterocycles. The van der Waals surface area contributed by atoms with Gasteiger partial charge >= 0.3 is 5.97 Å². The molecule has 3 rings (SSSR count). The average molecular weight is 298 g/mol. The molecule has 0 radical (unpaired) electrons. The van der Waals surface area contributed by atoms with Crippen LogP contribution in [0.15, 0.2) is 0 Å². The Hall–Kier alpha value is -1.24. The highest BCUT2D eigenvalue weighted by atomic mass is 32.2. The average Bonchev–Trinajstić information content (AvgIpc) is 3.05. The molecule has 0 aromatic carbocycles. The number of hydrogen-bond acceptors (Lipinski definition) is 4. The van der Waals surface area contributed by atoms with Gasteiger partial charge in [0, 0.05) is 25.3 Å². The highest BCUT2D eigenvalue weighted by Gasteiger charge is 2.54. The van der Waals surface area contributed by atoms with Crippen LogP contribution in [0.25, 0.3) is 0 Å². The molecule has 20 heavy (non-hydrogen) atoms. The second-order valence-corrected chi connectivity index (χ2v) is 7.38. The summed E-state index contributed by atoms with van der Waals surface area (Å²) in [5, 5.41) is 9.00. The van der Waals surface area contributed by atoms with E-state index in [-0.39, 0.29) is 23.2 Å². The van der Waals surface area contributed by atoms with Crippen LogP contribution in [0.1, 0.15) is 26.2 Å². The van der Waals surface area contributed by atoms with Gasteiger partial charge in [-0.3, -0.25) is 14.4 Å². The Morgan fingerprint density at radius 1 is 1.45 bits per heavy atom. The number of carbonyl (C=O) groups excluding carboxylic acids is 2. The van der Waals surface area contributed by atoms with Crippen LogP contribution in [0, 0.1) is 5.92 Å². The van der Waals surface area contributed by atoms with Gasteiger partial charge in [-0.1, -0.05) is 0 Å². The number of aliphatic carboxylic acids is 1. The van der Waals surface area contributed by atoms with Crippen molar-refractivity contribution < 1.29 is 19.5 Å². The predicted octanol–water partition coefficient (Wildman–Crippen LogP) is 0.373. The third-order valence-corrected chi connectivity index (χ3v) is 6.08. The largest absolute Gasteiger partial charge is 0.481 e. The zero-order chi connectivity index (χ0) is 14.5. The van der Waals surface area contributed by atoms with Gasteiger partial charge in [-0.15, -0.1) is 11.8 Å². The van der Waals surface area contributed by atoms with Crippen molar-refractivity contribution in [3.8, 4) is 0 Å². The number of thioether (sulfide) groups is 1. The Morgan fingerprint density at radius 3 is 2.85 bits per heavy atom. The van der Waals surface area contributed by atoms with E-state index in [0.29, 0.717) is 25.1 Å². The number of nitrogens with zero attached hydrogens (tertiary/aromatic N) is 2. The lowest BCUT2D eigenvalue weighted by molar-refractivity contribution is -0.144. The van der Waals surface area contributed by atoms with Gasteiger partial charge in [0.15, 0.2) is 0 Å². The van der Waals surface area contributed by atoms with E-state index in [1.54, 1.807) is 21.6 Å². The summed E-state index contributed by atoms with van der Waals surface area (Å²) in [6.45, 7) is 2.77. The molecule has 3 saturated heterocycles. The first-order chi connectivity index (χ1) is 9.42. The van der Waals surface area contributed by atoms with Crippen molar-refractivity contribution in [3.63, 3.8) is 0 Å². The molecular weight excluding hydrogens is 280 g/mol. The maximum Gasteiger partial charge on any atom is 0.308 e. The number of likely N-dealkylation sites (tertiary alicyclic amines) is 1. The van der Waals surface area contributed by atoms with Gasteiger partial charge in [-0.05, 0) is 19.8 Å². The standard InChI is InChI=1S/C13H18N2O4S/c1-13-4-2-10(16)15(13)9(7-20-13)11(17)14-5-3-8(6-14)12(18)19/h8-9H,2-7H2,1H3,(H,18,19).